The smallest absolute Gasteiger partial charge is 0.238 e. The van der Waals surface area contributed by atoms with Crippen LogP contribution in [0.3, 0.4) is 0 Å². The van der Waals surface area contributed by atoms with Crippen LogP contribution in [0, 0.1) is 5.41 Å². The minimum atomic E-state index is -0.644. The third kappa shape index (κ3) is 2.37. The van der Waals surface area contributed by atoms with Gasteiger partial charge in [-0.3, -0.25) is 9.59 Å². The van der Waals surface area contributed by atoms with Crippen molar-refractivity contribution >= 4 is 11.8 Å². The Morgan fingerprint density at radius 1 is 0.632 bits per heavy atom. The van der Waals surface area contributed by atoms with Gasteiger partial charge in [0.2, 0.25) is 11.8 Å². The molecule has 0 aromatic heterocycles. The monoisotopic (exact) mass is 264 g/mol. The van der Waals surface area contributed by atoms with Gasteiger partial charge in [-0.1, -0.05) is 12.8 Å². The zero-order chi connectivity index (χ0) is 13.3. The minimum absolute atomic E-state index is 0.124. The molecule has 19 heavy (non-hydrogen) atoms. The lowest BCUT2D eigenvalue weighted by atomic mass is 10.0. The first-order valence-corrected chi connectivity index (χ1v) is 7.83. The van der Waals surface area contributed by atoms with Gasteiger partial charge in [0.1, 0.15) is 5.41 Å². The molecule has 0 N–H and O–H groups in total. The lowest BCUT2D eigenvalue weighted by molar-refractivity contribution is -0.148. The number of amides is 2. The molecule has 0 spiro atoms. The van der Waals surface area contributed by atoms with Gasteiger partial charge < -0.3 is 9.80 Å². The van der Waals surface area contributed by atoms with E-state index in [0.717, 1.165) is 64.7 Å². The Labute approximate surface area is 115 Å². The maximum Gasteiger partial charge on any atom is 0.238 e. The minimum Gasteiger partial charge on any atom is -0.342 e. The van der Waals surface area contributed by atoms with Gasteiger partial charge in [0, 0.05) is 26.2 Å². The quantitative estimate of drug-likeness (QED) is 0.713. The summed E-state index contributed by atoms with van der Waals surface area (Å²) in [4.78, 5) is 29.2. The van der Waals surface area contributed by atoms with Gasteiger partial charge in [-0.05, 0) is 38.5 Å². The molecule has 0 unspecified atom stereocenters. The fourth-order valence-electron chi connectivity index (χ4n) is 3.44. The van der Waals surface area contributed by atoms with E-state index < -0.39 is 5.41 Å². The van der Waals surface area contributed by atoms with Crippen molar-refractivity contribution in [2.75, 3.05) is 26.2 Å². The molecule has 2 aliphatic heterocycles. The zero-order valence-electron chi connectivity index (χ0n) is 11.7. The number of hydrogen-bond acceptors (Lipinski definition) is 2. The van der Waals surface area contributed by atoms with Crippen molar-refractivity contribution in [2.45, 2.75) is 51.4 Å². The number of rotatable bonds is 2. The topological polar surface area (TPSA) is 40.6 Å². The normalized spacial score (nSPS) is 26.1. The summed E-state index contributed by atoms with van der Waals surface area (Å²) in [5, 5.41) is 0. The average molecular weight is 264 g/mol. The highest BCUT2D eigenvalue weighted by Crippen LogP contribution is 2.49. The number of hydrogen-bond donors (Lipinski definition) is 0. The standard InChI is InChI=1S/C15H24N2O2/c18-13(16-9-3-1-2-4-10-16)15(7-8-15)14(19)17-11-5-6-12-17/h1-12H2. The Kier molecular flexibility index (Phi) is 3.50. The maximum absolute atomic E-state index is 12.7. The van der Waals surface area contributed by atoms with E-state index in [0.29, 0.717) is 0 Å². The SMILES string of the molecule is O=C(N1CCCCCC1)C1(C(=O)N2CCCC2)CC1. The van der Waals surface area contributed by atoms with Gasteiger partial charge in [-0.2, -0.15) is 0 Å². The average Bonchev–Trinajstić information content (AvgIpc) is 3.14. The highest BCUT2D eigenvalue weighted by Gasteiger charge is 2.59. The van der Waals surface area contributed by atoms with E-state index in [9.17, 15) is 9.59 Å². The van der Waals surface area contributed by atoms with Gasteiger partial charge in [0.05, 0.1) is 0 Å². The molecule has 0 bridgehead atoms. The molecular weight excluding hydrogens is 240 g/mol. The summed E-state index contributed by atoms with van der Waals surface area (Å²) in [7, 11) is 0. The second kappa shape index (κ2) is 5.14. The molecule has 106 valence electrons. The first-order chi connectivity index (χ1) is 9.24. The first kappa shape index (κ1) is 12.9. The number of likely N-dealkylation sites (tertiary alicyclic amines) is 2. The van der Waals surface area contributed by atoms with Crippen molar-refractivity contribution < 1.29 is 9.59 Å². The van der Waals surface area contributed by atoms with Gasteiger partial charge in [0.15, 0.2) is 0 Å². The molecule has 0 aromatic carbocycles. The second-order valence-electron chi connectivity index (χ2n) is 6.29. The van der Waals surface area contributed by atoms with Gasteiger partial charge >= 0.3 is 0 Å². The summed E-state index contributed by atoms with van der Waals surface area (Å²) in [6.07, 6.45) is 8.38. The second-order valence-corrected chi connectivity index (χ2v) is 6.29. The fourth-order valence-corrected chi connectivity index (χ4v) is 3.44. The molecule has 0 aromatic rings. The van der Waals surface area contributed by atoms with Crippen LogP contribution in [0.5, 0.6) is 0 Å². The summed E-state index contributed by atoms with van der Waals surface area (Å²) in [6.45, 7) is 3.42. The van der Waals surface area contributed by atoms with E-state index in [-0.39, 0.29) is 11.8 Å². The van der Waals surface area contributed by atoms with Crippen molar-refractivity contribution in [2.24, 2.45) is 5.41 Å². The molecule has 2 heterocycles. The molecule has 1 saturated carbocycles. The van der Waals surface area contributed by atoms with Gasteiger partial charge in [0.25, 0.3) is 0 Å². The molecule has 3 aliphatic rings. The lowest BCUT2D eigenvalue weighted by Gasteiger charge is -2.28. The number of nitrogens with zero attached hydrogens (tertiary/aromatic N) is 2. The van der Waals surface area contributed by atoms with Crippen LogP contribution in [0.2, 0.25) is 0 Å². The van der Waals surface area contributed by atoms with E-state index in [1.54, 1.807) is 0 Å². The molecule has 0 atom stereocenters. The highest BCUT2D eigenvalue weighted by molar-refractivity contribution is 6.07. The molecule has 1 aliphatic carbocycles. The Hall–Kier alpha value is -1.06. The molecule has 3 rings (SSSR count). The van der Waals surface area contributed by atoms with Crippen LogP contribution in [0.4, 0.5) is 0 Å². The van der Waals surface area contributed by atoms with Crippen molar-refractivity contribution in [1.29, 1.82) is 0 Å². The summed E-state index contributed by atoms with van der Waals surface area (Å²) in [5.74, 6) is 0.255. The predicted octanol–water partition coefficient (Wildman–Crippen LogP) is 1.79. The third-order valence-electron chi connectivity index (χ3n) is 4.86. The van der Waals surface area contributed by atoms with Crippen LogP contribution in [-0.4, -0.2) is 47.8 Å². The van der Waals surface area contributed by atoms with E-state index in [2.05, 4.69) is 0 Å². The maximum atomic E-state index is 12.7. The molecule has 4 nitrogen and oxygen atoms in total. The molecule has 3 fully saturated rings. The van der Waals surface area contributed by atoms with Crippen LogP contribution in [-0.2, 0) is 9.59 Å². The Morgan fingerprint density at radius 3 is 1.37 bits per heavy atom. The van der Waals surface area contributed by atoms with Crippen molar-refractivity contribution in [3.63, 3.8) is 0 Å². The van der Waals surface area contributed by atoms with Crippen LogP contribution in [0.15, 0.2) is 0 Å². The van der Waals surface area contributed by atoms with Crippen molar-refractivity contribution in [1.82, 2.24) is 9.80 Å². The number of carbonyl (C=O) groups is 2. The Morgan fingerprint density at radius 2 is 1.00 bits per heavy atom. The summed E-state index contributed by atoms with van der Waals surface area (Å²) >= 11 is 0. The van der Waals surface area contributed by atoms with Crippen LogP contribution >= 0.6 is 0 Å². The van der Waals surface area contributed by atoms with Gasteiger partial charge in [-0.15, -0.1) is 0 Å². The Balaban J connectivity index is 1.69. The third-order valence-corrected chi connectivity index (χ3v) is 4.86. The Bertz CT molecular complexity index is 362. The largest absolute Gasteiger partial charge is 0.342 e. The van der Waals surface area contributed by atoms with E-state index in [4.69, 9.17) is 0 Å². The van der Waals surface area contributed by atoms with Crippen molar-refractivity contribution in [3.8, 4) is 0 Å². The van der Waals surface area contributed by atoms with E-state index in [1.807, 2.05) is 9.80 Å². The molecule has 0 radical (unpaired) electrons. The van der Waals surface area contributed by atoms with Crippen LogP contribution < -0.4 is 0 Å². The molecule has 4 heteroatoms. The van der Waals surface area contributed by atoms with E-state index >= 15 is 0 Å². The van der Waals surface area contributed by atoms with Crippen LogP contribution in [0.1, 0.15) is 51.4 Å². The summed E-state index contributed by atoms with van der Waals surface area (Å²) < 4.78 is 0. The molecule has 2 amide bonds. The first-order valence-electron chi connectivity index (χ1n) is 7.83. The fraction of sp³-hybridized carbons (Fsp3) is 0.867. The van der Waals surface area contributed by atoms with Crippen LogP contribution in [0.25, 0.3) is 0 Å². The molecule has 2 saturated heterocycles. The molecular formula is C15H24N2O2. The zero-order valence-corrected chi connectivity index (χ0v) is 11.7. The summed E-state index contributed by atoms with van der Waals surface area (Å²) in [6, 6.07) is 0. The number of carbonyl (C=O) groups excluding carboxylic acids is 2. The highest BCUT2D eigenvalue weighted by atomic mass is 16.2. The lowest BCUT2D eigenvalue weighted by Crippen LogP contribution is -2.46. The van der Waals surface area contributed by atoms with E-state index in [1.165, 1.54) is 12.8 Å². The predicted molar refractivity (Wildman–Crippen MR) is 72.5 cm³/mol. The summed E-state index contributed by atoms with van der Waals surface area (Å²) in [5.41, 5.74) is -0.644. The van der Waals surface area contributed by atoms with Crippen molar-refractivity contribution in [3.05, 3.63) is 0 Å². The van der Waals surface area contributed by atoms with Gasteiger partial charge in [-0.25, -0.2) is 0 Å².